The molecule has 0 aliphatic carbocycles. The lowest BCUT2D eigenvalue weighted by Crippen LogP contribution is -2.36. The van der Waals surface area contributed by atoms with Crippen LogP contribution in [0.1, 0.15) is 45.7 Å². The van der Waals surface area contributed by atoms with Crippen molar-refractivity contribution in [2.24, 2.45) is 5.84 Å². The molecule has 0 saturated carbocycles. The third-order valence-corrected chi connectivity index (χ3v) is 3.41. The summed E-state index contributed by atoms with van der Waals surface area (Å²) in [6, 6.07) is 1.94. The van der Waals surface area contributed by atoms with Gasteiger partial charge in [-0.05, 0) is 26.2 Å². The molecule has 17 heavy (non-hydrogen) atoms. The third kappa shape index (κ3) is 3.30. The van der Waals surface area contributed by atoms with Gasteiger partial charge < -0.3 is 5.32 Å². The van der Waals surface area contributed by atoms with Crippen molar-refractivity contribution in [2.45, 2.75) is 52.5 Å². The zero-order valence-corrected chi connectivity index (χ0v) is 11.2. The number of nitrogens with zero attached hydrogens (tertiary/aromatic N) is 2. The van der Waals surface area contributed by atoms with Crippen LogP contribution in [0.25, 0.3) is 0 Å². The Morgan fingerprint density at radius 3 is 2.24 bits per heavy atom. The van der Waals surface area contributed by atoms with Crippen molar-refractivity contribution >= 4 is 11.8 Å². The lowest BCUT2D eigenvalue weighted by Gasteiger charge is -2.32. The SMILES string of the molecule is CCC(CC)(CC)Nc1cc(C)nc(NN)n1. The Labute approximate surface area is 103 Å². The number of hydrogen-bond donors (Lipinski definition) is 3. The van der Waals surface area contributed by atoms with E-state index >= 15 is 0 Å². The third-order valence-electron chi connectivity index (χ3n) is 3.41. The largest absolute Gasteiger partial charge is 0.364 e. The van der Waals surface area contributed by atoms with Crippen LogP contribution in [0, 0.1) is 6.92 Å². The highest BCUT2D eigenvalue weighted by Crippen LogP contribution is 2.25. The summed E-state index contributed by atoms with van der Waals surface area (Å²) in [6.45, 7) is 8.50. The van der Waals surface area contributed by atoms with Crippen LogP contribution in [-0.2, 0) is 0 Å². The lowest BCUT2D eigenvalue weighted by molar-refractivity contribution is 0.419. The highest BCUT2D eigenvalue weighted by Gasteiger charge is 2.24. The van der Waals surface area contributed by atoms with E-state index < -0.39 is 0 Å². The zero-order chi connectivity index (χ0) is 12.9. The van der Waals surface area contributed by atoms with Gasteiger partial charge in [0.25, 0.3) is 0 Å². The van der Waals surface area contributed by atoms with E-state index in [2.05, 4.69) is 41.5 Å². The number of nitrogens with one attached hydrogen (secondary N) is 2. The van der Waals surface area contributed by atoms with E-state index in [-0.39, 0.29) is 5.54 Å². The summed E-state index contributed by atoms with van der Waals surface area (Å²) >= 11 is 0. The van der Waals surface area contributed by atoms with E-state index in [9.17, 15) is 0 Å². The van der Waals surface area contributed by atoms with Crippen LogP contribution in [0.15, 0.2) is 6.07 Å². The number of aromatic nitrogens is 2. The van der Waals surface area contributed by atoms with E-state index in [1.54, 1.807) is 0 Å². The summed E-state index contributed by atoms with van der Waals surface area (Å²) in [4.78, 5) is 8.50. The first-order chi connectivity index (χ1) is 8.09. The molecule has 0 unspecified atom stereocenters. The molecule has 4 N–H and O–H groups in total. The Morgan fingerprint density at radius 1 is 1.18 bits per heavy atom. The van der Waals surface area contributed by atoms with Gasteiger partial charge in [-0.1, -0.05) is 20.8 Å². The summed E-state index contributed by atoms with van der Waals surface area (Å²) in [7, 11) is 0. The molecular weight excluding hydrogens is 214 g/mol. The number of nitrogens with two attached hydrogens (primary N) is 1. The topological polar surface area (TPSA) is 75.9 Å². The maximum absolute atomic E-state index is 5.35. The number of hydrazine groups is 1. The minimum absolute atomic E-state index is 0.104. The van der Waals surface area contributed by atoms with E-state index in [0.29, 0.717) is 5.95 Å². The number of anilines is 2. The van der Waals surface area contributed by atoms with E-state index in [0.717, 1.165) is 30.8 Å². The molecule has 5 heteroatoms. The number of rotatable bonds is 6. The Balaban J connectivity index is 2.96. The molecule has 0 atom stereocenters. The smallest absolute Gasteiger partial charge is 0.239 e. The minimum Gasteiger partial charge on any atom is -0.364 e. The second-order valence-electron chi connectivity index (χ2n) is 4.33. The molecule has 5 nitrogen and oxygen atoms in total. The molecule has 1 aromatic rings. The quantitative estimate of drug-likeness (QED) is 0.523. The van der Waals surface area contributed by atoms with E-state index in [1.807, 2.05) is 13.0 Å². The van der Waals surface area contributed by atoms with Gasteiger partial charge in [0, 0.05) is 17.3 Å². The molecule has 96 valence electrons. The van der Waals surface area contributed by atoms with Crippen molar-refractivity contribution in [1.82, 2.24) is 9.97 Å². The van der Waals surface area contributed by atoms with Gasteiger partial charge in [-0.2, -0.15) is 4.98 Å². The normalized spacial score (nSPS) is 11.4. The van der Waals surface area contributed by atoms with Gasteiger partial charge >= 0.3 is 0 Å². The van der Waals surface area contributed by atoms with Crippen molar-refractivity contribution in [3.63, 3.8) is 0 Å². The summed E-state index contributed by atoms with van der Waals surface area (Å²) in [5.74, 6) is 6.62. The molecule has 1 heterocycles. The summed E-state index contributed by atoms with van der Waals surface area (Å²) in [5, 5.41) is 3.51. The molecule has 0 fully saturated rings. The standard InChI is InChI=1S/C12H23N5/c1-5-12(6-2,7-3)16-10-8-9(4)14-11(15-10)17-13/h8H,5-7,13H2,1-4H3,(H2,14,15,16,17). The van der Waals surface area contributed by atoms with E-state index in [1.165, 1.54) is 0 Å². The van der Waals surface area contributed by atoms with Gasteiger partial charge in [0.1, 0.15) is 5.82 Å². The zero-order valence-electron chi connectivity index (χ0n) is 11.2. The van der Waals surface area contributed by atoms with Crippen LogP contribution in [0.3, 0.4) is 0 Å². The van der Waals surface area contributed by atoms with E-state index in [4.69, 9.17) is 5.84 Å². The van der Waals surface area contributed by atoms with Crippen molar-refractivity contribution in [3.05, 3.63) is 11.8 Å². The molecule has 0 saturated heterocycles. The monoisotopic (exact) mass is 237 g/mol. The predicted octanol–water partition coefficient (Wildman–Crippen LogP) is 2.45. The van der Waals surface area contributed by atoms with Crippen LogP contribution in [-0.4, -0.2) is 15.5 Å². The molecule has 0 bridgehead atoms. The van der Waals surface area contributed by atoms with Gasteiger partial charge in [0.15, 0.2) is 0 Å². The van der Waals surface area contributed by atoms with Gasteiger partial charge in [0.05, 0.1) is 0 Å². The fourth-order valence-electron chi connectivity index (χ4n) is 1.98. The molecule has 0 aliphatic rings. The first-order valence-corrected chi connectivity index (χ1v) is 6.19. The number of hydrogen-bond acceptors (Lipinski definition) is 5. The first kappa shape index (κ1) is 13.7. The van der Waals surface area contributed by atoms with Crippen molar-refractivity contribution < 1.29 is 0 Å². The summed E-state index contributed by atoms with van der Waals surface area (Å²) in [6.07, 6.45) is 3.19. The fourth-order valence-corrected chi connectivity index (χ4v) is 1.98. The van der Waals surface area contributed by atoms with Crippen molar-refractivity contribution in [2.75, 3.05) is 10.7 Å². The van der Waals surface area contributed by atoms with Crippen LogP contribution in [0.5, 0.6) is 0 Å². The predicted molar refractivity (Wildman–Crippen MR) is 71.8 cm³/mol. The lowest BCUT2D eigenvalue weighted by atomic mass is 9.90. The number of nitrogen functional groups attached to an aromatic ring is 1. The molecule has 0 spiro atoms. The molecule has 0 amide bonds. The average Bonchev–Trinajstić information content (AvgIpc) is 2.35. The summed E-state index contributed by atoms with van der Waals surface area (Å²) < 4.78 is 0. The molecule has 1 aromatic heterocycles. The highest BCUT2D eigenvalue weighted by atomic mass is 15.3. The molecular formula is C12H23N5. The van der Waals surface area contributed by atoms with Gasteiger partial charge in [0.2, 0.25) is 5.95 Å². The Morgan fingerprint density at radius 2 is 1.76 bits per heavy atom. The Bertz CT molecular complexity index is 352. The minimum atomic E-state index is 0.104. The van der Waals surface area contributed by atoms with Gasteiger partial charge in [-0.15, -0.1) is 0 Å². The van der Waals surface area contributed by atoms with Crippen molar-refractivity contribution in [3.8, 4) is 0 Å². The van der Waals surface area contributed by atoms with Crippen LogP contribution in [0.4, 0.5) is 11.8 Å². The second kappa shape index (κ2) is 5.82. The van der Waals surface area contributed by atoms with Crippen LogP contribution < -0.4 is 16.6 Å². The molecule has 0 aliphatic heterocycles. The first-order valence-electron chi connectivity index (χ1n) is 6.19. The molecule has 0 radical (unpaired) electrons. The second-order valence-corrected chi connectivity index (χ2v) is 4.33. The summed E-state index contributed by atoms with van der Waals surface area (Å²) in [5.41, 5.74) is 3.49. The Hall–Kier alpha value is -1.36. The van der Waals surface area contributed by atoms with Crippen LogP contribution >= 0.6 is 0 Å². The van der Waals surface area contributed by atoms with Crippen molar-refractivity contribution in [1.29, 1.82) is 0 Å². The van der Waals surface area contributed by atoms with Crippen LogP contribution in [0.2, 0.25) is 0 Å². The molecule has 0 aromatic carbocycles. The number of aryl methyl sites for hydroxylation is 1. The highest BCUT2D eigenvalue weighted by molar-refractivity contribution is 5.43. The fraction of sp³-hybridized carbons (Fsp3) is 0.667. The maximum atomic E-state index is 5.35. The average molecular weight is 237 g/mol. The van der Waals surface area contributed by atoms with Gasteiger partial charge in [-0.25, -0.2) is 10.8 Å². The van der Waals surface area contributed by atoms with Gasteiger partial charge in [-0.3, -0.25) is 5.43 Å². The molecule has 1 rings (SSSR count). The Kier molecular flexibility index (Phi) is 4.69. The maximum Gasteiger partial charge on any atom is 0.239 e.